The molecular weight excluding hydrogens is 248 g/mol. The van der Waals surface area contributed by atoms with Crippen LogP contribution in [0.1, 0.15) is 39.2 Å². The predicted octanol–water partition coefficient (Wildman–Crippen LogP) is 3.05. The summed E-state index contributed by atoms with van der Waals surface area (Å²) in [6.45, 7) is 10.6. The van der Waals surface area contributed by atoms with Crippen molar-refractivity contribution in [1.29, 1.82) is 0 Å². The molecule has 2 unspecified atom stereocenters. The van der Waals surface area contributed by atoms with Crippen LogP contribution < -0.4 is 10.1 Å². The molecule has 112 valence electrons. The fourth-order valence-electron chi connectivity index (χ4n) is 2.93. The minimum atomic E-state index is 0.632. The molecule has 2 rings (SSSR count). The second kappa shape index (κ2) is 7.65. The van der Waals surface area contributed by atoms with E-state index in [0.717, 1.165) is 32.0 Å². The molecule has 0 bridgehead atoms. The standard InChI is InChI=1S/C17H28N2O/c1-4-15-13-19(16(5-2)11-18-15)12-14-8-7-9-17(10-14)20-6-3/h7-10,15-16,18H,4-6,11-13H2,1-3H3. The molecule has 1 aliphatic rings. The van der Waals surface area contributed by atoms with Crippen molar-refractivity contribution in [2.75, 3.05) is 19.7 Å². The van der Waals surface area contributed by atoms with E-state index in [0.29, 0.717) is 12.1 Å². The lowest BCUT2D eigenvalue weighted by Crippen LogP contribution is -2.55. The van der Waals surface area contributed by atoms with Crippen LogP contribution in [0.2, 0.25) is 0 Å². The first kappa shape index (κ1) is 15.3. The summed E-state index contributed by atoms with van der Waals surface area (Å²) in [6, 6.07) is 9.80. The van der Waals surface area contributed by atoms with Gasteiger partial charge in [-0.25, -0.2) is 0 Å². The fourth-order valence-corrected chi connectivity index (χ4v) is 2.93. The lowest BCUT2D eigenvalue weighted by Gasteiger charge is -2.40. The first-order chi connectivity index (χ1) is 9.76. The van der Waals surface area contributed by atoms with Gasteiger partial charge in [0.05, 0.1) is 6.61 Å². The van der Waals surface area contributed by atoms with E-state index < -0.39 is 0 Å². The third kappa shape index (κ3) is 3.97. The van der Waals surface area contributed by atoms with Crippen LogP contribution in [0.3, 0.4) is 0 Å². The molecule has 3 nitrogen and oxygen atoms in total. The first-order valence-electron chi connectivity index (χ1n) is 7.95. The molecule has 0 aromatic heterocycles. The van der Waals surface area contributed by atoms with Gasteiger partial charge in [0.25, 0.3) is 0 Å². The molecular formula is C17H28N2O. The topological polar surface area (TPSA) is 24.5 Å². The van der Waals surface area contributed by atoms with Gasteiger partial charge in [0.1, 0.15) is 5.75 Å². The van der Waals surface area contributed by atoms with Gasteiger partial charge < -0.3 is 10.1 Å². The van der Waals surface area contributed by atoms with Gasteiger partial charge in [-0.3, -0.25) is 4.90 Å². The summed E-state index contributed by atoms with van der Waals surface area (Å²) in [6.07, 6.45) is 2.40. The van der Waals surface area contributed by atoms with Gasteiger partial charge in [-0.15, -0.1) is 0 Å². The molecule has 1 aromatic carbocycles. The number of rotatable bonds is 6. The summed E-state index contributed by atoms with van der Waals surface area (Å²) in [5.74, 6) is 0.986. The molecule has 0 aliphatic carbocycles. The number of ether oxygens (including phenoxy) is 1. The van der Waals surface area contributed by atoms with Crippen LogP contribution in [0.25, 0.3) is 0 Å². The predicted molar refractivity (Wildman–Crippen MR) is 84.2 cm³/mol. The molecule has 1 N–H and O–H groups in total. The van der Waals surface area contributed by atoms with Gasteiger partial charge in [0.15, 0.2) is 0 Å². The van der Waals surface area contributed by atoms with Crippen LogP contribution in [0.15, 0.2) is 24.3 Å². The first-order valence-corrected chi connectivity index (χ1v) is 7.95. The van der Waals surface area contributed by atoms with E-state index in [1.54, 1.807) is 0 Å². The van der Waals surface area contributed by atoms with Crippen molar-refractivity contribution < 1.29 is 4.74 Å². The summed E-state index contributed by atoms with van der Waals surface area (Å²) in [7, 11) is 0. The molecule has 1 fully saturated rings. The molecule has 0 amide bonds. The van der Waals surface area contributed by atoms with Crippen molar-refractivity contribution in [2.45, 2.75) is 52.2 Å². The van der Waals surface area contributed by atoms with Crippen LogP contribution in [-0.2, 0) is 6.54 Å². The van der Waals surface area contributed by atoms with E-state index in [1.807, 2.05) is 13.0 Å². The number of benzene rings is 1. The molecule has 1 saturated heterocycles. The minimum absolute atomic E-state index is 0.632. The summed E-state index contributed by atoms with van der Waals surface area (Å²) < 4.78 is 5.60. The third-order valence-corrected chi connectivity index (χ3v) is 4.17. The normalized spacial score (nSPS) is 23.8. The van der Waals surface area contributed by atoms with Crippen molar-refractivity contribution in [3.63, 3.8) is 0 Å². The summed E-state index contributed by atoms with van der Waals surface area (Å²) in [5.41, 5.74) is 1.35. The van der Waals surface area contributed by atoms with Gasteiger partial charge in [-0.1, -0.05) is 26.0 Å². The Labute approximate surface area is 123 Å². The van der Waals surface area contributed by atoms with Crippen molar-refractivity contribution in [3.05, 3.63) is 29.8 Å². The van der Waals surface area contributed by atoms with E-state index in [1.165, 1.54) is 18.4 Å². The number of piperazine rings is 1. The van der Waals surface area contributed by atoms with Crippen LogP contribution >= 0.6 is 0 Å². The summed E-state index contributed by atoms with van der Waals surface area (Å²) in [4.78, 5) is 2.62. The van der Waals surface area contributed by atoms with Gasteiger partial charge in [0, 0.05) is 31.7 Å². The highest BCUT2D eigenvalue weighted by Gasteiger charge is 2.25. The van der Waals surface area contributed by atoms with E-state index in [9.17, 15) is 0 Å². The zero-order chi connectivity index (χ0) is 14.4. The molecule has 3 heteroatoms. The van der Waals surface area contributed by atoms with Crippen LogP contribution in [-0.4, -0.2) is 36.7 Å². The second-order valence-corrected chi connectivity index (χ2v) is 5.59. The number of nitrogens with one attached hydrogen (secondary N) is 1. The fraction of sp³-hybridized carbons (Fsp3) is 0.647. The van der Waals surface area contributed by atoms with Gasteiger partial charge in [0.2, 0.25) is 0 Å². The largest absolute Gasteiger partial charge is 0.494 e. The molecule has 0 radical (unpaired) electrons. The zero-order valence-electron chi connectivity index (χ0n) is 13.1. The summed E-state index contributed by atoms with van der Waals surface area (Å²) >= 11 is 0. The Morgan fingerprint density at radius 2 is 2.10 bits per heavy atom. The lowest BCUT2D eigenvalue weighted by molar-refractivity contribution is 0.117. The van der Waals surface area contributed by atoms with Crippen LogP contribution in [0, 0.1) is 0 Å². The lowest BCUT2D eigenvalue weighted by atomic mass is 10.0. The summed E-state index contributed by atoms with van der Waals surface area (Å²) in [5, 5.41) is 3.65. The van der Waals surface area contributed by atoms with E-state index in [2.05, 4.69) is 42.3 Å². The SMILES string of the molecule is CCOc1cccc(CN2CC(CC)NCC2CC)c1. The maximum absolute atomic E-state index is 5.60. The molecule has 0 spiro atoms. The molecule has 1 aromatic rings. The van der Waals surface area contributed by atoms with Crippen molar-refractivity contribution in [3.8, 4) is 5.75 Å². The highest BCUT2D eigenvalue weighted by Crippen LogP contribution is 2.19. The number of hydrogen-bond acceptors (Lipinski definition) is 3. The maximum atomic E-state index is 5.60. The molecule has 1 aliphatic heterocycles. The molecule has 20 heavy (non-hydrogen) atoms. The molecule has 0 saturated carbocycles. The quantitative estimate of drug-likeness (QED) is 0.864. The van der Waals surface area contributed by atoms with Gasteiger partial charge in [-0.05, 0) is 37.5 Å². The Bertz CT molecular complexity index is 408. The van der Waals surface area contributed by atoms with Crippen molar-refractivity contribution >= 4 is 0 Å². The monoisotopic (exact) mass is 276 g/mol. The maximum Gasteiger partial charge on any atom is 0.119 e. The Morgan fingerprint density at radius 3 is 2.80 bits per heavy atom. The van der Waals surface area contributed by atoms with Gasteiger partial charge >= 0.3 is 0 Å². The Balaban J connectivity index is 2.03. The van der Waals surface area contributed by atoms with Crippen molar-refractivity contribution in [1.82, 2.24) is 10.2 Å². The number of nitrogens with zero attached hydrogens (tertiary/aromatic N) is 1. The Kier molecular flexibility index (Phi) is 5.86. The van der Waals surface area contributed by atoms with E-state index in [-0.39, 0.29) is 0 Å². The van der Waals surface area contributed by atoms with Crippen LogP contribution in [0.4, 0.5) is 0 Å². The van der Waals surface area contributed by atoms with Crippen LogP contribution in [0.5, 0.6) is 5.75 Å². The average molecular weight is 276 g/mol. The second-order valence-electron chi connectivity index (χ2n) is 5.59. The third-order valence-electron chi connectivity index (χ3n) is 4.17. The minimum Gasteiger partial charge on any atom is -0.494 e. The van der Waals surface area contributed by atoms with E-state index in [4.69, 9.17) is 4.74 Å². The molecule has 1 heterocycles. The van der Waals surface area contributed by atoms with Crippen molar-refractivity contribution in [2.24, 2.45) is 0 Å². The highest BCUT2D eigenvalue weighted by atomic mass is 16.5. The van der Waals surface area contributed by atoms with E-state index >= 15 is 0 Å². The highest BCUT2D eigenvalue weighted by molar-refractivity contribution is 5.28. The number of hydrogen-bond donors (Lipinski definition) is 1. The Hall–Kier alpha value is -1.06. The zero-order valence-corrected chi connectivity index (χ0v) is 13.1. The Morgan fingerprint density at radius 1 is 1.25 bits per heavy atom. The van der Waals surface area contributed by atoms with Gasteiger partial charge in [-0.2, -0.15) is 0 Å². The average Bonchev–Trinajstić information content (AvgIpc) is 2.48. The molecule has 2 atom stereocenters. The smallest absolute Gasteiger partial charge is 0.119 e.